The van der Waals surface area contributed by atoms with Crippen LogP contribution in [0.1, 0.15) is 15.9 Å². The molecule has 0 spiro atoms. The summed E-state index contributed by atoms with van der Waals surface area (Å²) in [5, 5.41) is 4.19. The lowest BCUT2D eigenvalue weighted by Gasteiger charge is -2.06. The molecule has 0 radical (unpaired) electrons. The number of methoxy groups -OCH3 is 1. The molecule has 20 heavy (non-hydrogen) atoms. The number of esters is 1. The third kappa shape index (κ3) is 5.07. The maximum absolute atomic E-state index is 11.6. The molecule has 1 aromatic carbocycles. The molecule has 0 saturated carbocycles. The third-order valence-corrected chi connectivity index (χ3v) is 2.32. The Morgan fingerprint density at radius 3 is 2.35 bits per heavy atom. The summed E-state index contributed by atoms with van der Waals surface area (Å²) in [5.41, 5.74) is 1.24. The molecule has 108 valence electrons. The number of hydrogen-bond acceptors (Lipinski definition) is 5. The van der Waals surface area contributed by atoms with Gasteiger partial charge in [0.1, 0.15) is 0 Å². The molecule has 0 fully saturated rings. The molecule has 0 aromatic heterocycles. The molecule has 0 unspecified atom stereocenters. The zero-order valence-corrected chi connectivity index (χ0v) is 11.3. The lowest BCUT2D eigenvalue weighted by atomic mass is 10.1. The van der Waals surface area contributed by atoms with Crippen molar-refractivity contribution in [3.63, 3.8) is 0 Å². The molecule has 7 nitrogen and oxygen atoms in total. The number of urea groups is 1. The van der Waals surface area contributed by atoms with E-state index in [0.29, 0.717) is 12.2 Å². The van der Waals surface area contributed by atoms with Gasteiger partial charge in [0.15, 0.2) is 6.61 Å². The second-order valence-electron chi connectivity index (χ2n) is 3.83. The average Bonchev–Trinajstić information content (AvgIpc) is 2.45. The van der Waals surface area contributed by atoms with Gasteiger partial charge in [-0.2, -0.15) is 0 Å². The standard InChI is InChI=1S/C13H16N2O5/c1-14-13(18)15-11(16)8-20-12(17)10-5-3-9(4-6-10)7-19-2/h3-6H,7-8H2,1-2H3,(H2,14,15,16,18). The first kappa shape index (κ1) is 15.6. The van der Waals surface area contributed by atoms with Gasteiger partial charge in [-0.1, -0.05) is 12.1 Å². The molecule has 0 aliphatic heterocycles. The van der Waals surface area contributed by atoms with Gasteiger partial charge < -0.3 is 14.8 Å². The van der Waals surface area contributed by atoms with Gasteiger partial charge in [0.25, 0.3) is 5.91 Å². The van der Waals surface area contributed by atoms with Crippen molar-refractivity contribution >= 4 is 17.9 Å². The second-order valence-corrected chi connectivity index (χ2v) is 3.83. The van der Waals surface area contributed by atoms with Crippen LogP contribution in [0, 0.1) is 0 Å². The van der Waals surface area contributed by atoms with E-state index in [-0.39, 0.29) is 0 Å². The first-order valence-corrected chi connectivity index (χ1v) is 5.83. The number of rotatable bonds is 5. The highest BCUT2D eigenvalue weighted by molar-refractivity contribution is 5.96. The lowest BCUT2D eigenvalue weighted by Crippen LogP contribution is -2.39. The van der Waals surface area contributed by atoms with Crippen LogP contribution >= 0.6 is 0 Å². The highest BCUT2D eigenvalue weighted by Crippen LogP contribution is 2.06. The molecule has 0 atom stereocenters. The minimum atomic E-state index is -0.700. The van der Waals surface area contributed by atoms with Crippen molar-refractivity contribution in [3.8, 4) is 0 Å². The molecule has 1 aromatic rings. The summed E-state index contributed by atoms with van der Waals surface area (Å²) in [5.74, 6) is -1.34. The van der Waals surface area contributed by atoms with Gasteiger partial charge in [0.2, 0.25) is 0 Å². The highest BCUT2D eigenvalue weighted by Gasteiger charge is 2.11. The van der Waals surface area contributed by atoms with E-state index < -0.39 is 24.5 Å². The number of imide groups is 1. The summed E-state index contributed by atoms with van der Waals surface area (Å²) in [6.45, 7) is -0.0735. The fourth-order valence-corrected chi connectivity index (χ4v) is 1.34. The molecule has 1 rings (SSSR count). The van der Waals surface area contributed by atoms with Crippen LogP contribution in [0.3, 0.4) is 0 Å². The van der Waals surface area contributed by atoms with Crippen LogP contribution in [0.4, 0.5) is 4.79 Å². The number of ether oxygens (including phenoxy) is 2. The Bertz CT molecular complexity index is 484. The molecule has 2 N–H and O–H groups in total. The number of benzene rings is 1. The number of hydrogen-bond donors (Lipinski definition) is 2. The van der Waals surface area contributed by atoms with Crippen molar-refractivity contribution < 1.29 is 23.9 Å². The average molecular weight is 280 g/mol. The maximum Gasteiger partial charge on any atom is 0.338 e. The molecule has 3 amide bonds. The number of carbonyl (C=O) groups is 3. The maximum atomic E-state index is 11.6. The summed E-state index contributed by atoms with van der Waals surface area (Å²) in [6.07, 6.45) is 0. The zero-order valence-electron chi connectivity index (χ0n) is 11.3. The fraction of sp³-hybridized carbons (Fsp3) is 0.308. The van der Waals surface area contributed by atoms with Gasteiger partial charge >= 0.3 is 12.0 Å². The van der Waals surface area contributed by atoms with Gasteiger partial charge in [0, 0.05) is 14.2 Å². The lowest BCUT2D eigenvalue weighted by molar-refractivity contribution is -0.123. The Morgan fingerprint density at radius 2 is 1.80 bits per heavy atom. The molecule has 0 bridgehead atoms. The first-order valence-electron chi connectivity index (χ1n) is 5.83. The Morgan fingerprint density at radius 1 is 1.15 bits per heavy atom. The minimum absolute atomic E-state index is 0.317. The Hall–Kier alpha value is -2.41. The second kappa shape index (κ2) is 7.90. The van der Waals surface area contributed by atoms with E-state index in [0.717, 1.165) is 5.56 Å². The SMILES string of the molecule is CNC(=O)NC(=O)COC(=O)c1ccc(COC)cc1. The van der Waals surface area contributed by atoms with Gasteiger partial charge in [-0.25, -0.2) is 9.59 Å². The highest BCUT2D eigenvalue weighted by atomic mass is 16.5. The smallest absolute Gasteiger partial charge is 0.338 e. The molecule has 0 saturated heterocycles. The Kier molecular flexibility index (Phi) is 6.18. The monoisotopic (exact) mass is 280 g/mol. The van der Waals surface area contributed by atoms with Crippen molar-refractivity contribution in [1.82, 2.24) is 10.6 Å². The van der Waals surface area contributed by atoms with Crippen LogP contribution < -0.4 is 10.6 Å². The van der Waals surface area contributed by atoms with Crippen molar-refractivity contribution in [3.05, 3.63) is 35.4 Å². The van der Waals surface area contributed by atoms with Crippen molar-refractivity contribution in [2.75, 3.05) is 20.8 Å². The third-order valence-electron chi connectivity index (χ3n) is 2.32. The van der Waals surface area contributed by atoms with Gasteiger partial charge in [-0.15, -0.1) is 0 Å². The van der Waals surface area contributed by atoms with Crippen molar-refractivity contribution in [1.29, 1.82) is 0 Å². The summed E-state index contributed by atoms with van der Waals surface area (Å²) >= 11 is 0. The summed E-state index contributed by atoms with van der Waals surface area (Å²) in [4.78, 5) is 33.7. The summed E-state index contributed by atoms with van der Waals surface area (Å²) < 4.78 is 9.72. The minimum Gasteiger partial charge on any atom is -0.452 e. The summed E-state index contributed by atoms with van der Waals surface area (Å²) in [7, 11) is 2.95. The van der Waals surface area contributed by atoms with Crippen LogP contribution in [0.15, 0.2) is 24.3 Å². The van der Waals surface area contributed by atoms with E-state index in [1.807, 2.05) is 5.32 Å². The number of carbonyl (C=O) groups excluding carboxylic acids is 3. The van der Waals surface area contributed by atoms with E-state index in [1.54, 1.807) is 31.4 Å². The zero-order chi connectivity index (χ0) is 15.0. The van der Waals surface area contributed by atoms with Crippen LogP contribution in [0.25, 0.3) is 0 Å². The fourth-order valence-electron chi connectivity index (χ4n) is 1.34. The molecule has 0 heterocycles. The van der Waals surface area contributed by atoms with E-state index in [2.05, 4.69) is 5.32 Å². The van der Waals surface area contributed by atoms with E-state index in [4.69, 9.17) is 9.47 Å². The quantitative estimate of drug-likeness (QED) is 0.764. The molecule has 7 heteroatoms. The van der Waals surface area contributed by atoms with Crippen LogP contribution in [0.2, 0.25) is 0 Å². The predicted octanol–water partition coefficient (Wildman–Crippen LogP) is 0.445. The van der Waals surface area contributed by atoms with E-state index in [9.17, 15) is 14.4 Å². The van der Waals surface area contributed by atoms with Gasteiger partial charge in [-0.05, 0) is 17.7 Å². The molecule has 0 aliphatic rings. The van der Waals surface area contributed by atoms with Crippen LogP contribution in [-0.2, 0) is 20.9 Å². The van der Waals surface area contributed by atoms with E-state index in [1.165, 1.54) is 7.05 Å². The normalized spacial score (nSPS) is 9.70. The predicted molar refractivity (Wildman–Crippen MR) is 70.0 cm³/mol. The van der Waals surface area contributed by atoms with E-state index >= 15 is 0 Å². The molecular weight excluding hydrogens is 264 g/mol. The van der Waals surface area contributed by atoms with Gasteiger partial charge in [-0.3, -0.25) is 10.1 Å². The first-order chi connectivity index (χ1) is 9.56. The largest absolute Gasteiger partial charge is 0.452 e. The van der Waals surface area contributed by atoms with Crippen molar-refractivity contribution in [2.45, 2.75) is 6.61 Å². The molecule has 0 aliphatic carbocycles. The summed E-state index contributed by atoms with van der Waals surface area (Å²) in [6, 6.07) is 5.95. The topological polar surface area (TPSA) is 93.7 Å². The van der Waals surface area contributed by atoms with Crippen molar-refractivity contribution in [2.24, 2.45) is 0 Å². The molecular formula is C13H16N2O5. The van der Waals surface area contributed by atoms with Crippen LogP contribution in [-0.4, -0.2) is 38.7 Å². The number of nitrogens with one attached hydrogen (secondary N) is 2. The van der Waals surface area contributed by atoms with Crippen LogP contribution in [0.5, 0.6) is 0 Å². The number of amides is 3. The Labute approximate surface area is 116 Å². The Balaban J connectivity index is 2.46. The van der Waals surface area contributed by atoms with Gasteiger partial charge in [0.05, 0.1) is 12.2 Å².